The van der Waals surface area contributed by atoms with Crippen molar-refractivity contribution in [1.82, 2.24) is 25.0 Å². The molecule has 1 aliphatic rings. The van der Waals surface area contributed by atoms with Crippen LogP contribution in [-0.2, 0) is 4.79 Å². The summed E-state index contributed by atoms with van der Waals surface area (Å²) >= 11 is 0.882. The van der Waals surface area contributed by atoms with E-state index in [9.17, 15) is 14.4 Å². The molecule has 1 fully saturated rings. The van der Waals surface area contributed by atoms with Gasteiger partial charge >= 0.3 is 0 Å². The molecule has 1 N–H and O–H groups in total. The molecular formula is C21H17N5O3S. The Balaban J connectivity index is 1.32. The van der Waals surface area contributed by atoms with E-state index in [0.717, 1.165) is 27.9 Å². The van der Waals surface area contributed by atoms with E-state index in [1.807, 2.05) is 12.3 Å². The molecule has 3 aromatic rings. The smallest absolute Gasteiger partial charge is 0.293 e. The van der Waals surface area contributed by atoms with Gasteiger partial charge in [0, 0.05) is 43.4 Å². The summed E-state index contributed by atoms with van der Waals surface area (Å²) in [4.78, 5) is 42.5. The normalized spacial score (nSPS) is 15.1. The van der Waals surface area contributed by atoms with E-state index in [-0.39, 0.29) is 30.1 Å². The third-order valence-electron chi connectivity index (χ3n) is 4.38. The fourth-order valence-corrected chi connectivity index (χ4v) is 3.74. The Hall–Kier alpha value is -3.72. The SMILES string of the molecule is O=C(NCCN1C(=O)S/C(=C/c2cccnc2)C1=O)c1ccc(-n2cccn2)cc1. The predicted molar refractivity (Wildman–Crippen MR) is 113 cm³/mol. The van der Waals surface area contributed by atoms with Crippen molar-refractivity contribution in [3.63, 3.8) is 0 Å². The number of carbonyl (C=O) groups excluding carboxylic acids is 3. The zero-order chi connectivity index (χ0) is 20.9. The van der Waals surface area contributed by atoms with Crippen LogP contribution in [0.2, 0.25) is 0 Å². The second-order valence-corrected chi connectivity index (χ2v) is 7.37. The number of hydrogen-bond acceptors (Lipinski definition) is 6. The molecule has 0 atom stereocenters. The quantitative estimate of drug-likeness (QED) is 0.617. The van der Waals surface area contributed by atoms with Crippen molar-refractivity contribution in [3.05, 3.63) is 83.3 Å². The molecule has 0 bridgehead atoms. The van der Waals surface area contributed by atoms with Crippen LogP contribution < -0.4 is 5.32 Å². The number of nitrogens with one attached hydrogen (secondary N) is 1. The van der Waals surface area contributed by atoms with Crippen molar-refractivity contribution < 1.29 is 14.4 Å². The summed E-state index contributed by atoms with van der Waals surface area (Å²) in [5.74, 6) is -0.647. The summed E-state index contributed by atoms with van der Waals surface area (Å²) in [6, 6.07) is 12.4. The van der Waals surface area contributed by atoms with Gasteiger partial charge in [-0.3, -0.25) is 24.3 Å². The van der Waals surface area contributed by atoms with Gasteiger partial charge in [-0.2, -0.15) is 5.10 Å². The fourth-order valence-electron chi connectivity index (χ4n) is 2.88. The van der Waals surface area contributed by atoms with E-state index in [2.05, 4.69) is 15.4 Å². The van der Waals surface area contributed by atoms with E-state index < -0.39 is 0 Å². The molecule has 9 heteroatoms. The van der Waals surface area contributed by atoms with Crippen LogP contribution in [-0.4, -0.2) is 49.8 Å². The number of thioether (sulfide) groups is 1. The average Bonchev–Trinajstić information content (AvgIpc) is 3.39. The van der Waals surface area contributed by atoms with Crippen molar-refractivity contribution in [2.45, 2.75) is 0 Å². The summed E-state index contributed by atoms with van der Waals surface area (Å²) < 4.78 is 1.69. The summed E-state index contributed by atoms with van der Waals surface area (Å²) in [5, 5.41) is 6.52. The summed E-state index contributed by atoms with van der Waals surface area (Å²) in [7, 11) is 0. The lowest BCUT2D eigenvalue weighted by molar-refractivity contribution is -0.122. The Morgan fingerprint density at radius 2 is 1.93 bits per heavy atom. The van der Waals surface area contributed by atoms with Gasteiger partial charge in [-0.15, -0.1) is 0 Å². The zero-order valence-corrected chi connectivity index (χ0v) is 16.6. The van der Waals surface area contributed by atoms with E-state index >= 15 is 0 Å². The molecule has 0 saturated carbocycles. The van der Waals surface area contributed by atoms with E-state index in [1.54, 1.807) is 65.7 Å². The first kappa shape index (κ1) is 19.6. The first-order valence-electron chi connectivity index (χ1n) is 9.15. The number of aromatic nitrogens is 3. The third kappa shape index (κ3) is 4.31. The lowest BCUT2D eigenvalue weighted by Crippen LogP contribution is -2.37. The van der Waals surface area contributed by atoms with Gasteiger partial charge in [0.25, 0.3) is 17.1 Å². The molecule has 0 radical (unpaired) electrons. The van der Waals surface area contributed by atoms with Crippen LogP contribution >= 0.6 is 11.8 Å². The summed E-state index contributed by atoms with van der Waals surface area (Å²) in [5.41, 5.74) is 2.07. The Labute approximate surface area is 176 Å². The molecule has 0 spiro atoms. The molecule has 2 aromatic heterocycles. The minimum atomic E-state index is -0.369. The highest BCUT2D eigenvalue weighted by Gasteiger charge is 2.34. The van der Waals surface area contributed by atoms with Gasteiger partial charge in [-0.1, -0.05) is 6.07 Å². The van der Waals surface area contributed by atoms with Gasteiger partial charge in [0.1, 0.15) is 0 Å². The second-order valence-electron chi connectivity index (χ2n) is 6.37. The Morgan fingerprint density at radius 1 is 1.10 bits per heavy atom. The molecule has 4 rings (SSSR count). The lowest BCUT2D eigenvalue weighted by Gasteiger charge is -2.13. The highest BCUT2D eigenvalue weighted by molar-refractivity contribution is 8.18. The molecule has 1 aliphatic heterocycles. The highest BCUT2D eigenvalue weighted by Crippen LogP contribution is 2.31. The number of hydrogen-bond donors (Lipinski definition) is 1. The third-order valence-corrected chi connectivity index (χ3v) is 5.28. The molecule has 8 nitrogen and oxygen atoms in total. The molecule has 1 saturated heterocycles. The van der Waals surface area contributed by atoms with E-state index in [1.165, 1.54) is 0 Å². The Morgan fingerprint density at radius 3 is 2.63 bits per heavy atom. The molecule has 3 amide bonds. The maximum atomic E-state index is 12.5. The monoisotopic (exact) mass is 419 g/mol. The van der Waals surface area contributed by atoms with Crippen molar-refractivity contribution in [2.24, 2.45) is 0 Å². The zero-order valence-electron chi connectivity index (χ0n) is 15.8. The van der Waals surface area contributed by atoms with Crippen LogP contribution in [0.3, 0.4) is 0 Å². The predicted octanol–water partition coefficient (Wildman–Crippen LogP) is 2.73. The van der Waals surface area contributed by atoms with Crippen LogP contribution in [0.5, 0.6) is 0 Å². The Kier molecular flexibility index (Phi) is 5.71. The minimum absolute atomic E-state index is 0.103. The van der Waals surface area contributed by atoms with Crippen molar-refractivity contribution in [2.75, 3.05) is 13.1 Å². The number of rotatable bonds is 6. The average molecular weight is 419 g/mol. The van der Waals surface area contributed by atoms with Gasteiger partial charge < -0.3 is 5.32 Å². The first-order valence-corrected chi connectivity index (χ1v) is 9.97. The van der Waals surface area contributed by atoms with Gasteiger partial charge in [-0.05, 0) is 59.8 Å². The minimum Gasteiger partial charge on any atom is -0.350 e. The maximum Gasteiger partial charge on any atom is 0.293 e. The van der Waals surface area contributed by atoms with Crippen LogP contribution in [0, 0.1) is 0 Å². The number of benzene rings is 1. The standard InChI is InChI=1S/C21H17N5O3S/c27-19(16-4-6-17(7-5-16)26-11-2-9-24-26)23-10-12-25-20(28)18(30-21(25)29)13-15-3-1-8-22-14-15/h1-9,11,13-14H,10,12H2,(H,23,27)/b18-13+. The van der Waals surface area contributed by atoms with Crippen molar-refractivity contribution in [1.29, 1.82) is 0 Å². The Bertz CT molecular complexity index is 1100. The number of carbonyl (C=O) groups is 3. The number of imide groups is 1. The maximum absolute atomic E-state index is 12.5. The van der Waals surface area contributed by atoms with Gasteiger partial charge in [0.15, 0.2) is 0 Å². The molecule has 1 aromatic carbocycles. The highest BCUT2D eigenvalue weighted by atomic mass is 32.2. The van der Waals surface area contributed by atoms with Gasteiger partial charge in [0.2, 0.25) is 0 Å². The van der Waals surface area contributed by atoms with Gasteiger partial charge in [-0.25, -0.2) is 4.68 Å². The van der Waals surface area contributed by atoms with Crippen molar-refractivity contribution >= 4 is 34.9 Å². The van der Waals surface area contributed by atoms with E-state index in [4.69, 9.17) is 0 Å². The number of amides is 3. The fraction of sp³-hybridized carbons (Fsp3) is 0.0952. The van der Waals surface area contributed by atoms with Crippen LogP contribution in [0.15, 0.2) is 72.2 Å². The lowest BCUT2D eigenvalue weighted by atomic mass is 10.2. The van der Waals surface area contributed by atoms with Crippen molar-refractivity contribution in [3.8, 4) is 5.69 Å². The van der Waals surface area contributed by atoms with Crippen LogP contribution in [0.1, 0.15) is 15.9 Å². The first-order chi connectivity index (χ1) is 14.6. The molecule has 0 aliphatic carbocycles. The second kappa shape index (κ2) is 8.75. The summed E-state index contributed by atoms with van der Waals surface area (Å²) in [6.45, 7) is 0.268. The van der Waals surface area contributed by atoms with E-state index in [0.29, 0.717) is 10.5 Å². The number of nitrogens with zero attached hydrogens (tertiary/aromatic N) is 4. The topological polar surface area (TPSA) is 97.2 Å². The molecule has 30 heavy (non-hydrogen) atoms. The molecule has 0 unspecified atom stereocenters. The molecular weight excluding hydrogens is 402 g/mol. The van der Waals surface area contributed by atoms with Crippen LogP contribution in [0.4, 0.5) is 4.79 Å². The summed E-state index contributed by atoms with van der Waals surface area (Å²) in [6.07, 6.45) is 8.38. The van der Waals surface area contributed by atoms with Crippen LogP contribution in [0.25, 0.3) is 11.8 Å². The number of pyridine rings is 1. The molecule has 3 heterocycles. The largest absolute Gasteiger partial charge is 0.350 e. The molecule has 150 valence electrons. The van der Waals surface area contributed by atoms with Gasteiger partial charge in [0.05, 0.1) is 10.6 Å².